The van der Waals surface area contributed by atoms with Crippen LogP contribution in [0.1, 0.15) is 17.5 Å². The fraction of sp³-hybridized carbons (Fsp3) is 0.357. The lowest BCUT2D eigenvalue weighted by molar-refractivity contribution is 0.0374. The molecule has 1 fully saturated rings. The SMILES string of the molecule is c1ccc(COc2ccc(OCCOc3ccc(CCCN4CCOCC4)cc3)cc2)cc1. The highest BCUT2D eigenvalue weighted by atomic mass is 16.5. The van der Waals surface area contributed by atoms with Crippen LogP contribution in [0.25, 0.3) is 0 Å². The fourth-order valence-corrected chi connectivity index (χ4v) is 3.78. The molecule has 1 saturated heterocycles. The van der Waals surface area contributed by atoms with Gasteiger partial charge < -0.3 is 18.9 Å². The van der Waals surface area contributed by atoms with Gasteiger partial charge in [0.25, 0.3) is 0 Å². The summed E-state index contributed by atoms with van der Waals surface area (Å²) in [5, 5.41) is 0. The molecule has 0 saturated carbocycles. The molecule has 0 spiro atoms. The Morgan fingerprint density at radius 2 is 1.21 bits per heavy atom. The first-order chi connectivity index (χ1) is 16.3. The molecule has 0 bridgehead atoms. The Bertz CT molecular complexity index is 922. The molecule has 0 radical (unpaired) electrons. The first kappa shape index (κ1) is 23.1. The van der Waals surface area contributed by atoms with E-state index in [9.17, 15) is 0 Å². The van der Waals surface area contributed by atoms with Crippen LogP contribution >= 0.6 is 0 Å². The molecule has 1 aliphatic heterocycles. The number of morpholine rings is 1. The minimum absolute atomic E-state index is 0.492. The van der Waals surface area contributed by atoms with Crippen LogP contribution in [0.5, 0.6) is 17.2 Å². The molecule has 0 amide bonds. The summed E-state index contributed by atoms with van der Waals surface area (Å²) in [5.41, 5.74) is 2.50. The van der Waals surface area contributed by atoms with Crippen LogP contribution in [0.15, 0.2) is 78.9 Å². The Kier molecular flexibility index (Phi) is 9.03. The molecule has 4 rings (SSSR count). The molecule has 174 valence electrons. The molecule has 33 heavy (non-hydrogen) atoms. The van der Waals surface area contributed by atoms with Gasteiger partial charge in [-0.1, -0.05) is 42.5 Å². The molecule has 0 aromatic heterocycles. The van der Waals surface area contributed by atoms with Gasteiger partial charge in [0.1, 0.15) is 37.1 Å². The molecule has 0 N–H and O–H groups in total. The maximum Gasteiger partial charge on any atom is 0.122 e. The second kappa shape index (κ2) is 12.9. The lowest BCUT2D eigenvalue weighted by Crippen LogP contribution is -2.36. The van der Waals surface area contributed by atoms with Crippen LogP contribution in [-0.2, 0) is 17.8 Å². The van der Waals surface area contributed by atoms with Crippen molar-refractivity contribution in [3.8, 4) is 17.2 Å². The van der Waals surface area contributed by atoms with Crippen molar-refractivity contribution in [2.45, 2.75) is 19.4 Å². The Balaban J connectivity index is 1.10. The third-order valence-corrected chi connectivity index (χ3v) is 5.66. The van der Waals surface area contributed by atoms with Gasteiger partial charge in [-0.2, -0.15) is 0 Å². The highest BCUT2D eigenvalue weighted by molar-refractivity contribution is 5.31. The highest BCUT2D eigenvalue weighted by Crippen LogP contribution is 2.19. The summed E-state index contributed by atoms with van der Waals surface area (Å²) in [5.74, 6) is 2.51. The van der Waals surface area contributed by atoms with E-state index in [1.54, 1.807) is 0 Å². The molecule has 0 aliphatic carbocycles. The van der Waals surface area contributed by atoms with E-state index in [0.29, 0.717) is 19.8 Å². The third-order valence-electron chi connectivity index (χ3n) is 5.66. The Hall–Kier alpha value is -3.02. The van der Waals surface area contributed by atoms with E-state index in [-0.39, 0.29) is 0 Å². The summed E-state index contributed by atoms with van der Waals surface area (Å²) >= 11 is 0. The third kappa shape index (κ3) is 8.12. The van der Waals surface area contributed by atoms with Crippen molar-refractivity contribution < 1.29 is 18.9 Å². The van der Waals surface area contributed by atoms with E-state index in [1.165, 1.54) is 12.0 Å². The van der Waals surface area contributed by atoms with Crippen LogP contribution < -0.4 is 14.2 Å². The smallest absolute Gasteiger partial charge is 0.122 e. The van der Waals surface area contributed by atoms with Gasteiger partial charge in [-0.3, -0.25) is 4.90 Å². The maximum atomic E-state index is 5.82. The Labute approximate surface area is 196 Å². The summed E-state index contributed by atoms with van der Waals surface area (Å²) in [4.78, 5) is 2.48. The maximum absolute atomic E-state index is 5.82. The zero-order chi connectivity index (χ0) is 22.6. The van der Waals surface area contributed by atoms with E-state index in [1.807, 2.05) is 54.6 Å². The molecule has 1 heterocycles. The van der Waals surface area contributed by atoms with Crippen molar-refractivity contribution in [3.05, 3.63) is 90.0 Å². The van der Waals surface area contributed by atoms with Crippen molar-refractivity contribution in [3.63, 3.8) is 0 Å². The second-order valence-electron chi connectivity index (χ2n) is 8.14. The average Bonchev–Trinajstić information content (AvgIpc) is 2.88. The minimum atomic E-state index is 0.492. The van der Waals surface area contributed by atoms with Gasteiger partial charge >= 0.3 is 0 Å². The zero-order valence-corrected chi connectivity index (χ0v) is 19.2. The first-order valence-corrected chi connectivity index (χ1v) is 11.8. The van der Waals surface area contributed by atoms with E-state index < -0.39 is 0 Å². The summed E-state index contributed by atoms with van der Waals surface area (Å²) in [6.07, 6.45) is 2.26. The number of ether oxygens (including phenoxy) is 4. The molecule has 1 aliphatic rings. The van der Waals surface area contributed by atoms with Gasteiger partial charge in [0.15, 0.2) is 0 Å². The lowest BCUT2D eigenvalue weighted by Gasteiger charge is -2.26. The molecule has 5 nitrogen and oxygen atoms in total. The molecule has 5 heteroatoms. The summed E-state index contributed by atoms with van der Waals surface area (Å²) in [6, 6.07) is 26.2. The van der Waals surface area contributed by atoms with Crippen molar-refractivity contribution in [2.24, 2.45) is 0 Å². The van der Waals surface area contributed by atoms with Gasteiger partial charge in [0.2, 0.25) is 0 Å². The number of hydrogen-bond acceptors (Lipinski definition) is 5. The van der Waals surface area contributed by atoms with Crippen LogP contribution in [-0.4, -0.2) is 51.0 Å². The number of aryl methyl sites for hydroxylation is 1. The number of benzene rings is 3. The molecule has 3 aromatic carbocycles. The second-order valence-corrected chi connectivity index (χ2v) is 8.14. The average molecular weight is 448 g/mol. The molecule has 0 atom stereocenters. The predicted octanol–water partition coefficient (Wildman–Crippen LogP) is 4.99. The Morgan fingerprint density at radius 1 is 0.636 bits per heavy atom. The van der Waals surface area contributed by atoms with Crippen molar-refractivity contribution in [1.82, 2.24) is 4.90 Å². The number of hydrogen-bond donors (Lipinski definition) is 0. The zero-order valence-electron chi connectivity index (χ0n) is 19.2. The quantitative estimate of drug-likeness (QED) is 0.366. The normalized spacial score (nSPS) is 14.1. The van der Waals surface area contributed by atoms with Crippen LogP contribution in [0.4, 0.5) is 0 Å². The van der Waals surface area contributed by atoms with Crippen LogP contribution in [0, 0.1) is 0 Å². The topological polar surface area (TPSA) is 40.2 Å². The summed E-state index contributed by atoms with van der Waals surface area (Å²) < 4.78 is 22.8. The lowest BCUT2D eigenvalue weighted by atomic mass is 10.1. The van der Waals surface area contributed by atoms with Crippen LogP contribution in [0.3, 0.4) is 0 Å². The Morgan fingerprint density at radius 3 is 1.85 bits per heavy atom. The van der Waals surface area contributed by atoms with Gasteiger partial charge in [0, 0.05) is 13.1 Å². The standard InChI is InChI=1S/C28H33NO4/c1-2-5-25(6-3-1)23-33-28-14-12-27(13-15-28)32-22-21-31-26-10-8-24(9-11-26)7-4-16-29-17-19-30-20-18-29/h1-3,5-6,8-15H,4,7,16-23H2. The van der Waals surface area contributed by atoms with E-state index >= 15 is 0 Å². The molecule has 0 unspecified atom stereocenters. The fourth-order valence-electron chi connectivity index (χ4n) is 3.78. The minimum Gasteiger partial charge on any atom is -0.490 e. The molecule has 3 aromatic rings. The predicted molar refractivity (Wildman–Crippen MR) is 130 cm³/mol. The number of nitrogens with zero attached hydrogens (tertiary/aromatic N) is 1. The summed E-state index contributed by atoms with van der Waals surface area (Å²) in [6.45, 7) is 6.53. The van der Waals surface area contributed by atoms with Gasteiger partial charge in [0.05, 0.1) is 13.2 Å². The van der Waals surface area contributed by atoms with Gasteiger partial charge in [-0.25, -0.2) is 0 Å². The molecular weight excluding hydrogens is 414 g/mol. The highest BCUT2D eigenvalue weighted by Gasteiger charge is 2.09. The van der Waals surface area contributed by atoms with Gasteiger partial charge in [-0.15, -0.1) is 0 Å². The van der Waals surface area contributed by atoms with E-state index in [4.69, 9.17) is 18.9 Å². The van der Waals surface area contributed by atoms with E-state index in [0.717, 1.165) is 62.1 Å². The monoisotopic (exact) mass is 447 g/mol. The first-order valence-electron chi connectivity index (χ1n) is 11.8. The summed E-state index contributed by atoms with van der Waals surface area (Å²) in [7, 11) is 0. The van der Waals surface area contributed by atoms with Crippen molar-refractivity contribution in [2.75, 3.05) is 46.1 Å². The van der Waals surface area contributed by atoms with Gasteiger partial charge in [-0.05, 0) is 66.9 Å². The molecular formula is C28H33NO4. The van der Waals surface area contributed by atoms with Crippen molar-refractivity contribution >= 4 is 0 Å². The number of rotatable bonds is 12. The van der Waals surface area contributed by atoms with E-state index in [2.05, 4.69) is 29.2 Å². The largest absolute Gasteiger partial charge is 0.490 e. The van der Waals surface area contributed by atoms with Crippen LogP contribution in [0.2, 0.25) is 0 Å². The van der Waals surface area contributed by atoms with Crippen molar-refractivity contribution in [1.29, 1.82) is 0 Å².